The minimum absolute atomic E-state index is 0.273. The molecule has 1 fully saturated rings. The second kappa shape index (κ2) is 7.44. The number of carbonyl (C=O) groups is 1. The lowest BCUT2D eigenvalue weighted by Crippen LogP contribution is -2.42. The smallest absolute Gasteiger partial charge is 0.236 e. The number of carbonyl (C=O) groups excluding carboxylic acids is 1. The number of hydrogen-bond acceptors (Lipinski definition) is 2. The molecule has 1 amide bonds. The lowest BCUT2D eigenvalue weighted by Gasteiger charge is -2.27. The second-order valence-corrected chi connectivity index (χ2v) is 5.52. The minimum Gasteiger partial charge on any atom is -0.342 e. The normalized spacial score (nSPS) is 19.2. The van der Waals surface area contributed by atoms with Crippen molar-refractivity contribution in [2.24, 2.45) is 0 Å². The number of nitrogens with zero attached hydrogens (tertiary/aromatic N) is 2. The van der Waals surface area contributed by atoms with E-state index >= 15 is 0 Å². The van der Waals surface area contributed by atoms with Crippen LogP contribution in [-0.2, 0) is 11.2 Å². The first-order valence-corrected chi connectivity index (χ1v) is 7.80. The van der Waals surface area contributed by atoms with Gasteiger partial charge in [0.2, 0.25) is 5.91 Å². The molecule has 0 N–H and O–H groups in total. The molecule has 110 valence electrons. The highest BCUT2D eigenvalue weighted by atomic mass is 16.2. The van der Waals surface area contributed by atoms with Crippen molar-refractivity contribution in [3.8, 4) is 0 Å². The number of amides is 1. The van der Waals surface area contributed by atoms with E-state index < -0.39 is 0 Å². The molecule has 1 aliphatic rings. The molecule has 1 unspecified atom stereocenters. The highest BCUT2D eigenvalue weighted by Crippen LogP contribution is 2.21. The van der Waals surface area contributed by atoms with E-state index in [2.05, 4.69) is 35.2 Å². The van der Waals surface area contributed by atoms with Gasteiger partial charge in [-0.3, -0.25) is 9.69 Å². The van der Waals surface area contributed by atoms with Crippen LogP contribution in [0, 0.1) is 0 Å². The van der Waals surface area contributed by atoms with Gasteiger partial charge in [0.25, 0.3) is 0 Å². The summed E-state index contributed by atoms with van der Waals surface area (Å²) >= 11 is 0. The average molecular weight is 274 g/mol. The van der Waals surface area contributed by atoms with E-state index in [1.807, 2.05) is 18.7 Å². The predicted octanol–water partition coefficient (Wildman–Crippen LogP) is 2.56. The zero-order valence-electron chi connectivity index (χ0n) is 12.7. The van der Waals surface area contributed by atoms with Crippen LogP contribution in [0.1, 0.15) is 32.3 Å². The number of hydrogen-bond donors (Lipinski definition) is 0. The van der Waals surface area contributed by atoms with Gasteiger partial charge in [-0.2, -0.15) is 0 Å². The van der Waals surface area contributed by atoms with Crippen molar-refractivity contribution in [1.82, 2.24) is 9.80 Å². The van der Waals surface area contributed by atoms with Crippen LogP contribution < -0.4 is 0 Å². The first-order chi connectivity index (χ1) is 9.74. The van der Waals surface area contributed by atoms with Gasteiger partial charge in [0.1, 0.15) is 0 Å². The second-order valence-electron chi connectivity index (χ2n) is 5.52. The van der Waals surface area contributed by atoms with Gasteiger partial charge in [-0.15, -0.1) is 0 Å². The summed E-state index contributed by atoms with van der Waals surface area (Å²) in [7, 11) is 0. The summed E-state index contributed by atoms with van der Waals surface area (Å²) in [5.74, 6) is 0.273. The maximum Gasteiger partial charge on any atom is 0.236 e. The quantitative estimate of drug-likeness (QED) is 0.796. The third-order valence-corrected chi connectivity index (χ3v) is 4.27. The number of rotatable bonds is 6. The molecule has 0 bridgehead atoms. The molecule has 0 radical (unpaired) electrons. The van der Waals surface area contributed by atoms with Gasteiger partial charge in [0.05, 0.1) is 6.54 Å². The summed E-state index contributed by atoms with van der Waals surface area (Å²) in [6.07, 6.45) is 3.48. The molecule has 1 saturated heterocycles. The van der Waals surface area contributed by atoms with Gasteiger partial charge in [0.15, 0.2) is 0 Å². The summed E-state index contributed by atoms with van der Waals surface area (Å²) in [6, 6.07) is 11.1. The summed E-state index contributed by atoms with van der Waals surface area (Å²) in [4.78, 5) is 16.5. The summed E-state index contributed by atoms with van der Waals surface area (Å²) in [6.45, 7) is 7.36. The zero-order chi connectivity index (χ0) is 14.4. The van der Waals surface area contributed by atoms with Crippen LogP contribution in [0.25, 0.3) is 0 Å². The van der Waals surface area contributed by atoms with Gasteiger partial charge in [-0.25, -0.2) is 0 Å². The highest BCUT2D eigenvalue weighted by molar-refractivity contribution is 5.78. The number of benzene rings is 1. The molecule has 2 rings (SSSR count). The molecule has 1 atom stereocenters. The van der Waals surface area contributed by atoms with Gasteiger partial charge in [0, 0.05) is 19.1 Å². The zero-order valence-corrected chi connectivity index (χ0v) is 12.7. The minimum atomic E-state index is 0.273. The molecule has 3 heteroatoms. The van der Waals surface area contributed by atoms with E-state index in [0.717, 1.165) is 26.1 Å². The Morgan fingerprint density at radius 1 is 1.25 bits per heavy atom. The third-order valence-electron chi connectivity index (χ3n) is 4.27. The highest BCUT2D eigenvalue weighted by Gasteiger charge is 2.27. The predicted molar refractivity (Wildman–Crippen MR) is 82.7 cm³/mol. The van der Waals surface area contributed by atoms with Crippen LogP contribution in [0.3, 0.4) is 0 Å². The van der Waals surface area contributed by atoms with Crippen LogP contribution in [0.15, 0.2) is 30.3 Å². The first-order valence-electron chi connectivity index (χ1n) is 7.80. The van der Waals surface area contributed by atoms with E-state index in [0.29, 0.717) is 12.6 Å². The largest absolute Gasteiger partial charge is 0.342 e. The van der Waals surface area contributed by atoms with Gasteiger partial charge in [-0.1, -0.05) is 30.3 Å². The Hall–Kier alpha value is -1.35. The van der Waals surface area contributed by atoms with E-state index in [-0.39, 0.29) is 5.91 Å². The SMILES string of the molecule is CCN(CC)C(=O)CN1CCCC1Cc1ccccc1. The molecule has 1 aromatic rings. The Morgan fingerprint density at radius 2 is 1.95 bits per heavy atom. The molecule has 0 saturated carbocycles. The molecule has 0 spiro atoms. The van der Waals surface area contributed by atoms with Gasteiger partial charge < -0.3 is 4.90 Å². The molecule has 1 heterocycles. The van der Waals surface area contributed by atoms with E-state index in [1.165, 1.54) is 18.4 Å². The Labute approximate surface area is 122 Å². The molecule has 0 aromatic heterocycles. The molecule has 20 heavy (non-hydrogen) atoms. The fourth-order valence-electron chi connectivity index (χ4n) is 3.07. The lowest BCUT2D eigenvalue weighted by molar-refractivity contribution is -0.132. The van der Waals surface area contributed by atoms with Crippen molar-refractivity contribution in [1.29, 1.82) is 0 Å². The van der Waals surface area contributed by atoms with Gasteiger partial charge >= 0.3 is 0 Å². The van der Waals surface area contributed by atoms with Crippen LogP contribution in [0.4, 0.5) is 0 Å². The fraction of sp³-hybridized carbons (Fsp3) is 0.588. The Kier molecular flexibility index (Phi) is 5.60. The molecule has 3 nitrogen and oxygen atoms in total. The van der Waals surface area contributed by atoms with Crippen molar-refractivity contribution >= 4 is 5.91 Å². The van der Waals surface area contributed by atoms with Crippen molar-refractivity contribution in [3.63, 3.8) is 0 Å². The molecule has 1 aromatic carbocycles. The summed E-state index contributed by atoms with van der Waals surface area (Å²) < 4.78 is 0. The van der Waals surface area contributed by atoms with Crippen molar-refractivity contribution < 1.29 is 4.79 Å². The van der Waals surface area contributed by atoms with Crippen molar-refractivity contribution in [3.05, 3.63) is 35.9 Å². The molecule has 0 aliphatic carbocycles. The monoisotopic (exact) mass is 274 g/mol. The standard InChI is InChI=1S/C17H26N2O/c1-3-18(4-2)17(20)14-19-12-8-11-16(19)13-15-9-6-5-7-10-15/h5-7,9-10,16H,3-4,8,11-14H2,1-2H3. The Bertz CT molecular complexity index is 414. The van der Waals surface area contributed by atoms with Crippen molar-refractivity contribution in [2.45, 2.75) is 39.2 Å². The maximum atomic E-state index is 12.2. The van der Waals surface area contributed by atoms with Crippen LogP contribution in [0.2, 0.25) is 0 Å². The summed E-state index contributed by atoms with van der Waals surface area (Å²) in [5, 5.41) is 0. The van der Waals surface area contributed by atoms with E-state index in [1.54, 1.807) is 0 Å². The topological polar surface area (TPSA) is 23.6 Å². The lowest BCUT2D eigenvalue weighted by atomic mass is 10.0. The molecular weight excluding hydrogens is 248 g/mol. The van der Waals surface area contributed by atoms with E-state index in [9.17, 15) is 4.79 Å². The Morgan fingerprint density at radius 3 is 2.60 bits per heavy atom. The third kappa shape index (κ3) is 3.83. The van der Waals surface area contributed by atoms with Crippen molar-refractivity contribution in [2.75, 3.05) is 26.2 Å². The maximum absolute atomic E-state index is 12.2. The molecular formula is C17H26N2O. The first kappa shape index (κ1) is 15.0. The van der Waals surface area contributed by atoms with E-state index in [4.69, 9.17) is 0 Å². The Balaban J connectivity index is 1.92. The molecule has 1 aliphatic heterocycles. The van der Waals surface area contributed by atoms with Crippen LogP contribution in [-0.4, -0.2) is 47.9 Å². The summed E-state index contributed by atoms with van der Waals surface area (Å²) in [5.41, 5.74) is 1.37. The average Bonchev–Trinajstić information content (AvgIpc) is 2.88. The fourth-order valence-corrected chi connectivity index (χ4v) is 3.07. The number of likely N-dealkylation sites (N-methyl/N-ethyl adjacent to an activating group) is 1. The van der Waals surface area contributed by atoms with Gasteiger partial charge in [-0.05, 0) is 45.2 Å². The van der Waals surface area contributed by atoms with Crippen LogP contribution >= 0.6 is 0 Å². The number of likely N-dealkylation sites (tertiary alicyclic amines) is 1. The van der Waals surface area contributed by atoms with Crippen LogP contribution in [0.5, 0.6) is 0 Å².